The second kappa shape index (κ2) is 7.86. The van der Waals surface area contributed by atoms with Crippen LogP contribution < -0.4 is 5.73 Å². The van der Waals surface area contributed by atoms with E-state index in [9.17, 15) is 14.4 Å². The lowest BCUT2D eigenvalue weighted by atomic mass is 9.90. The zero-order valence-electron chi connectivity index (χ0n) is 15.5. The summed E-state index contributed by atoms with van der Waals surface area (Å²) >= 11 is 0. The lowest BCUT2D eigenvalue weighted by molar-refractivity contribution is -0.161. The number of nitrogens with two attached hydrogens (primary N) is 1. The van der Waals surface area contributed by atoms with Gasteiger partial charge in [-0.05, 0) is 39.2 Å². The average molecular weight is 362 g/mol. The van der Waals surface area contributed by atoms with Gasteiger partial charge < -0.3 is 15.2 Å². The summed E-state index contributed by atoms with van der Waals surface area (Å²) in [6.45, 7) is 5.06. The number of hydrogen-bond donors (Lipinski definition) is 1. The molecule has 26 heavy (non-hydrogen) atoms. The van der Waals surface area contributed by atoms with Crippen molar-refractivity contribution >= 4 is 17.8 Å². The van der Waals surface area contributed by atoms with Crippen molar-refractivity contribution in [1.29, 1.82) is 0 Å². The average Bonchev–Trinajstić information content (AvgIpc) is 3.04. The van der Waals surface area contributed by atoms with Crippen LogP contribution in [0.1, 0.15) is 39.2 Å². The second-order valence-electron chi connectivity index (χ2n) is 7.28. The van der Waals surface area contributed by atoms with Crippen LogP contribution in [0.2, 0.25) is 0 Å². The summed E-state index contributed by atoms with van der Waals surface area (Å²) in [5.41, 5.74) is 3.86. The van der Waals surface area contributed by atoms with Gasteiger partial charge in [0.1, 0.15) is 12.2 Å². The molecule has 1 aliphatic heterocycles. The number of carbonyl (C=O) groups excluding carboxylic acids is 3. The fourth-order valence-electron chi connectivity index (χ4n) is 3.01. The van der Waals surface area contributed by atoms with Crippen molar-refractivity contribution in [2.24, 2.45) is 5.73 Å². The molecule has 1 atom stereocenters. The Morgan fingerprint density at radius 2 is 1.85 bits per heavy atom. The number of esters is 1. The van der Waals surface area contributed by atoms with Gasteiger partial charge >= 0.3 is 12.1 Å². The van der Waals surface area contributed by atoms with Gasteiger partial charge in [0.2, 0.25) is 5.54 Å². The van der Waals surface area contributed by atoms with Gasteiger partial charge in [0, 0.05) is 6.54 Å². The molecule has 1 heterocycles. The highest BCUT2D eigenvalue weighted by atomic mass is 16.6. The van der Waals surface area contributed by atoms with E-state index in [1.165, 1.54) is 4.90 Å². The lowest BCUT2D eigenvalue weighted by Gasteiger charge is -2.35. The van der Waals surface area contributed by atoms with Gasteiger partial charge in [0.05, 0.1) is 6.54 Å². The molecule has 2 N–H and O–H groups in total. The van der Waals surface area contributed by atoms with Crippen LogP contribution in [0.4, 0.5) is 4.79 Å². The largest absolute Gasteiger partial charge is 0.459 e. The van der Waals surface area contributed by atoms with E-state index < -0.39 is 29.0 Å². The number of nitrogens with zero attached hydrogens (tertiary/aromatic N) is 1. The van der Waals surface area contributed by atoms with Crippen molar-refractivity contribution in [3.63, 3.8) is 0 Å². The molecule has 2 rings (SSSR count). The first-order valence-electron chi connectivity index (χ1n) is 8.66. The molecule has 1 amide bonds. The van der Waals surface area contributed by atoms with Crippen LogP contribution in [0.25, 0.3) is 0 Å². The number of amides is 1. The molecule has 1 aliphatic rings. The van der Waals surface area contributed by atoms with E-state index in [0.717, 1.165) is 5.56 Å². The van der Waals surface area contributed by atoms with Crippen molar-refractivity contribution in [3.05, 3.63) is 35.9 Å². The number of benzene rings is 1. The molecule has 1 aromatic rings. The van der Waals surface area contributed by atoms with Gasteiger partial charge in [0.25, 0.3) is 0 Å². The van der Waals surface area contributed by atoms with E-state index in [4.69, 9.17) is 15.2 Å². The molecule has 1 unspecified atom stereocenters. The Labute approximate surface area is 153 Å². The van der Waals surface area contributed by atoms with Crippen LogP contribution in [0, 0.1) is 0 Å². The first-order chi connectivity index (χ1) is 12.2. The van der Waals surface area contributed by atoms with Crippen molar-refractivity contribution < 1.29 is 23.9 Å². The molecular formula is C19H26N2O5. The number of ether oxygens (including phenoxy) is 2. The van der Waals surface area contributed by atoms with E-state index in [0.29, 0.717) is 6.42 Å². The monoisotopic (exact) mass is 362 g/mol. The minimum Gasteiger partial charge on any atom is -0.459 e. The predicted octanol–water partition coefficient (Wildman–Crippen LogP) is 2.03. The Kier molecular flexibility index (Phi) is 6.02. The van der Waals surface area contributed by atoms with Crippen LogP contribution >= 0.6 is 0 Å². The van der Waals surface area contributed by atoms with Crippen LogP contribution in [0.3, 0.4) is 0 Å². The third-order valence-corrected chi connectivity index (χ3v) is 4.19. The highest BCUT2D eigenvalue weighted by Crippen LogP contribution is 2.33. The number of Topliss-reactive ketones (excluding diaryl/α,β-unsaturated/α-hetero) is 1. The van der Waals surface area contributed by atoms with Gasteiger partial charge in [-0.1, -0.05) is 30.3 Å². The van der Waals surface area contributed by atoms with Crippen LogP contribution in [-0.4, -0.2) is 47.0 Å². The van der Waals surface area contributed by atoms with E-state index in [1.54, 1.807) is 20.8 Å². The summed E-state index contributed by atoms with van der Waals surface area (Å²) in [5, 5.41) is 0. The fourth-order valence-corrected chi connectivity index (χ4v) is 3.01. The molecule has 1 fully saturated rings. The zero-order chi connectivity index (χ0) is 19.4. The Morgan fingerprint density at radius 3 is 2.42 bits per heavy atom. The smallest absolute Gasteiger partial charge is 0.411 e. The topological polar surface area (TPSA) is 98.9 Å². The van der Waals surface area contributed by atoms with Crippen LogP contribution in [0.15, 0.2) is 30.3 Å². The van der Waals surface area contributed by atoms with E-state index in [1.807, 2.05) is 30.3 Å². The first kappa shape index (κ1) is 19.9. The molecule has 0 spiro atoms. The van der Waals surface area contributed by atoms with Gasteiger partial charge in [-0.15, -0.1) is 0 Å². The summed E-state index contributed by atoms with van der Waals surface area (Å²) in [6, 6.07) is 9.13. The fraction of sp³-hybridized carbons (Fsp3) is 0.526. The third-order valence-electron chi connectivity index (χ3n) is 4.19. The van der Waals surface area contributed by atoms with Gasteiger partial charge in [-0.2, -0.15) is 0 Å². The quantitative estimate of drug-likeness (QED) is 0.635. The minimum atomic E-state index is -1.72. The zero-order valence-corrected chi connectivity index (χ0v) is 15.5. The van der Waals surface area contributed by atoms with Gasteiger partial charge in [-0.3, -0.25) is 9.69 Å². The van der Waals surface area contributed by atoms with Gasteiger partial charge in [-0.25, -0.2) is 9.59 Å². The normalized spacial score (nSPS) is 19.9. The van der Waals surface area contributed by atoms with Crippen molar-refractivity contribution in [3.8, 4) is 0 Å². The summed E-state index contributed by atoms with van der Waals surface area (Å²) in [4.78, 5) is 39.2. The number of likely N-dealkylation sites (tertiary alicyclic amines) is 1. The van der Waals surface area contributed by atoms with Crippen molar-refractivity contribution in [2.45, 2.75) is 51.4 Å². The Bertz CT molecular complexity index is 668. The highest BCUT2D eigenvalue weighted by molar-refractivity contribution is 6.11. The Balaban J connectivity index is 2.24. The number of hydrogen-bond acceptors (Lipinski definition) is 6. The molecule has 0 bridgehead atoms. The van der Waals surface area contributed by atoms with E-state index >= 15 is 0 Å². The Hall–Kier alpha value is -2.41. The molecule has 142 valence electrons. The Morgan fingerprint density at radius 1 is 1.19 bits per heavy atom. The van der Waals surface area contributed by atoms with E-state index in [2.05, 4.69) is 0 Å². The number of carbonyl (C=O) groups is 3. The maximum atomic E-state index is 12.9. The maximum absolute atomic E-state index is 12.9. The van der Waals surface area contributed by atoms with E-state index in [-0.39, 0.29) is 26.1 Å². The third kappa shape index (κ3) is 4.22. The van der Waals surface area contributed by atoms with Crippen molar-refractivity contribution in [2.75, 3.05) is 13.1 Å². The summed E-state index contributed by atoms with van der Waals surface area (Å²) in [5.74, 6) is -1.31. The molecular weight excluding hydrogens is 336 g/mol. The molecule has 1 aromatic carbocycles. The molecule has 0 aliphatic carbocycles. The molecule has 7 heteroatoms. The first-order valence-corrected chi connectivity index (χ1v) is 8.66. The minimum absolute atomic E-state index is 0.0153. The van der Waals surface area contributed by atoms with Crippen LogP contribution in [-0.2, 0) is 25.7 Å². The summed E-state index contributed by atoms with van der Waals surface area (Å²) in [6.07, 6.45) is -0.0464. The predicted molar refractivity (Wildman–Crippen MR) is 95.2 cm³/mol. The number of rotatable bonds is 5. The molecule has 7 nitrogen and oxygen atoms in total. The number of ketones is 1. The molecule has 1 saturated heterocycles. The molecule has 0 saturated carbocycles. The summed E-state index contributed by atoms with van der Waals surface area (Å²) in [7, 11) is 0. The molecule has 0 radical (unpaired) electrons. The maximum Gasteiger partial charge on any atom is 0.411 e. The van der Waals surface area contributed by atoms with Crippen molar-refractivity contribution in [1.82, 2.24) is 4.90 Å². The standard InChI is InChI=1S/C19H26N2O5/c1-18(2,3)26-17(24)21-11-7-10-19(21,15(22)12-20)16(23)25-13-14-8-5-4-6-9-14/h4-6,8-9H,7,10-13,20H2,1-3H3. The second-order valence-corrected chi connectivity index (χ2v) is 7.28. The highest BCUT2D eigenvalue weighted by Gasteiger charge is 2.57. The SMILES string of the molecule is CC(C)(C)OC(=O)N1CCCC1(C(=O)CN)C(=O)OCc1ccccc1. The molecule has 0 aromatic heterocycles. The van der Waals surface area contributed by atoms with Gasteiger partial charge in [0.15, 0.2) is 5.78 Å². The summed E-state index contributed by atoms with van der Waals surface area (Å²) < 4.78 is 10.8. The lowest BCUT2D eigenvalue weighted by Crippen LogP contribution is -2.61. The van der Waals surface area contributed by atoms with Crippen LogP contribution in [0.5, 0.6) is 0 Å².